The lowest BCUT2D eigenvalue weighted by Crippen LogP contribution is -2.43. The zero-order valence-electron chi connectivity index (χ0n) is 15.6. The first-order valence-corrected chi connectivity index (χ1v) is 9.52. The summed E-state index contributed by atoms with van der Waals surface area (Å²) in [6.45, 7) is 4.43. The highest BCUT2D eigenvalue weighted by molar-refractivity contribution is 5.94. The van der Waals surface area contributed by atoms with Crippen LogP contribution in [-0.4, -0.2) is 26.8 Å². The molecule has 26 heavy (non-hydrogen) atoms. The third kappa shape index (κ3) is 4.03. The van der Waals surface area contributed by atoms with Gasteiger partial charge in [0.05, 0.1) is 0 Å². The van der Waals surface area contributed by atoms with Crippen LogP contribution in [0.2, 0.25) is 0 Å². The number of hydrogen-bond donors (Lipinski definition) is 1. The van der Waals surface area contributed by atoms with E-state index >= 15 is 0 Å². The van der Waals surface area contributed by atoms with Gasteiger partial charge in [-0.05, 0) is 49.4 Å². The average Bonchev–Trinajstić information content (AvgIpc) is 2.68. The molecule has 0 spiro atoms. The molecule has 0 aromatic carbocycles. The van der Waals surface area contributed by atoms with Crippen LogP contribution in [0.4, 0.5) is 0 Å². The molecule has 0 bridgehead atoms. The highest BCUT2D eigenvalue weighted by Gasteiger charge is 2.28. The second-order valence-corrected chi connectivity index (χ2v) is 7.11. The predicted octanol–water partition coefficient (Wildman–Crippen LogP) is 3.62. The van der Waals surface area contributed by atoms with Crippen LogP contribution in [-0.2, 0) is 13.0 Å². The Hall–Kier alpha value is -2.43. The van der Waals surface area contributed by atoms with Crippen molar-refractivity contribution in [3.05, 3.63) is 63.3 Å². The highest BCUT2D eigenvalue weighted by Crippen LogP contribution is 2.25. The van der Waals surface area contributed by atoms with Gasteiger partial charge in [0, 0.05) is 30.7 Å². The number of pyridine rings is 2. The van der Waals surface area contributed by atoms with Crippen molar-refractivity contribution in [3.8, 4) is 0 Å². The van der Waals surface area contributed by atoms with E-state index in [0.717, 1.165) is 48.9 Å². The first-order valence-electron chi connectivity index (χ1n) is 9.52. The summed E-state index contributed by atoms with van der Waals surface area (Å²) in [5.41, 5.74) is 2.80. The van der Waals surface area contributed by atoms with Gasteiger partial charge in [0.25, 0.3) is 11.5 Å². The van der Waals surface area contributed by atoms with E-state index in [9.17, 15) is 9.59 Å². The molecule has 5 nitrogen and oxygen atoms in total. The number of aromatic nitrogens is 2. The van der Waals surface area contributed by atoms with Gasteiger partial charge in [-0.15, -0.1) is 0 Å². The summed E-state index contributed by atoms with van der Waals surface area (Å²) in [7, 11) is 0. The fourth-order valence-electron chi connectivity index (χ4n) is 3.80. The minimum Gasteiger partial charge on any atom is -0.331 e. The molecule has 2 aromatic rings. The van der Waals surface area contributed by atoms with Crippen molar-refractivity contribution < 1.29 is 4.79 Å². The van der Waals surface area contributed by atoms with Crippen molar-refractivity contribution in [3.63, 3.8) is 0 Å². The number of carbonyl (C=O) groups excluding carboxylic acids is 1. The van der Waals surface area contributed by atoms with Crippen LogP contribution in [0.25, 0.3) is 0 Å². The summed E-state index contributed by atoms with van der Waals surface area (Å²) < 4.78 is 0. The molecule has 0 radical (unpaired) electrons. The van der Waals surface area contributed by atoms with Crippen molar-refractivity contribution >= 4 is 5.91 Å². The van der Waals surface area contributed by atoms with Crippen LogP contribution >= 0.6 is 0 Å². The maximum absolute atomic E-state index is 13.3. The number of hydrogen-bond acceptors (Lipinski definition) is 3. The van der Waals surface area contributed by atoms with E-state index < -0.39 is 0 Å². The molecule has 2 heterocycles. The number of amides is 1. The van der Waals surface area contributed by atoms with Gasteiger partial charge in [-0.1, -0.05) is 32.3 Å². The number of nitrogens with one attached hydrogen (secondary N) is 1. The van der Waals surface area contributed by atoms with Gasteiger partial charge in [-0.25, -0.2) is 0 Å². The van der Waals surface area contributed by atoms with Crippen LogP contribution < -0.4 is 5.56 Å². The summed E-state index contributed by atoms with van der Waals surface area (Å²) in [5, 5.41) is 0. The lowest BCUT2D eigenvalue weighted by molar-refractivity contribution is 0.0612. The summed E-state index contributed by atoms with van der Waals surface area (Å²) in [6, 6.07) is 5.79. The van der Waals surface area contributed by atoms with Crippen molar-refractivity contribution in [2.75, 3.05) is 0 Å². The molecule has 1 aliphatic carbocycles. The van der Waals surface area contributed by atoms with Crippen LogP contribution in [0.15, 0.2) is 35.4 Å². The molecule has 3 rings (SSSR count). The van der Waals surface area contributed by atoms with Crippen molar-refractivity contribution in [2.45, 2.75) is 65.0 Å². The minimum absolute atomic E-state index is 0.173. The van der Waals surface area contributed by atoms with Crippen molar-refractivity contribution in [1.29, 1.82) is 0 Å². The van der Waals surface area contributed by atoms with Gasteiger partial charge < -0.3 is 9.88 Å². The molecule has 5 heteroatoms. The Morgan fingerprint density at radius 2 is 2.08 bits per heavy atom. The molecular weight excluding hydrogens is 326 g/mol. The van der Waals surface area contributed by atoms with Gasteiger partial charge in [-0.3, -0.25) is 14.6 Å². The molecule has 1 aliphatic rings. The first-order chi connectivity index (χ1) is 12.6. The Morgan fingerprint density at radius 1 is 1.31 bits per heavy atom. The average molecular weight is 353 g/mol. The Morgan fingerprint density at radius 3 is 2.73 bits per heavy atom. The maximum Gasteiger partial charge on any atom is 0.261 e. The third-order valence-electron chi connectivity index (χ3n) is 5.28. The summed E-state index contributed by atoms with van der Waals surface area (Å²) in [5.74, 6) is -0.173. The van der Waals surface area contributed by atoms with Gasteiger partial charge >= 0.3 is 0 Å². The minimum atomic E-state index is -0.288. The molecule has 1 amide bonds. The zero-order valence-corrected chi connectivity index (χ0v) is 15.6. The monoisotopic (exact) mass is 353 g/mol. The molecule has 1 saturated carbocycles. The van der Waals surface area contributed by atoms with E-state index in [1.165, 1.54) is 6.42 Å². The highest BCUT2D eigenvalue weighted by atomic mass is 16.2. The SMILES string of the molecule is CCc1[nH]c(=O)c(C(=O)N(Cc2cccnc2)C2CCCCC2)cc1C. The molecule has 0 aliphatic heterocycles. The van der Waals surface area contributed by atoms with Gasteiger partial charge in [0.15, 0.2) is 0 Å². The number of H-pyrrole nitrogens is 1. The second kappa shape index (κ2) is 8.30. The maximum atomic E-state index is 13.3. The van der Waals surface area contributed by atoms with Crippen LogP contribution in [0.5, 0.6) is 0 Å². The van der Waals surface area contributed by atoms with E-state index in [1.54, 1.807) is 18.5 Å². The van der Waals surface area contributed by atoms with E-state index in [1.807, 2.05) is 30.9 Å². The number of aryl methyl sites for hydroxylation is 2. The molecule has 0 saturated heterocycles. The number of rotatable bonds is 5. The third-order valence-corrected chi connectivity index (χ3v) is 5.28. The van der Waals surface area contributed by atoms with Gasteiger partial charge in [-0.2, -0.15) is 0 Å². The molecule has 2 aromatic heterocycles. The Balaban J connectivity index is 1.94. The Bertz CT molecular complexity index is 808. The summed E-state index contributed by atoms with van der Waals surface area (Å²) in [6.07, 6.45) is 9.74. The summed E-state index contributed by atoms with van der Waals surface area (Å²) in [4.78, 5) is 34.7. The normalized spacial score (nSPS) is 15.0. The fourth-order valence-corrected chi connectivity index (χ4v) is 3.80. The topological polar surface area (TPSA) is 66.1 Å². The Kier molecular flexibility index (Phi) is 5.86. The molecule has 0 atom stereocenters. The molecule has 0 unspecified atom stereocenters. The summed E-state index contributed by atoms with van der Waals surface area (Å²) >= 11 is 0. The van der Waals surface area contributed by atoms with Gasteiger partial charge in [0.1, 0.15) is 5.56 Å². The number of nitrogens with zero attached hydrogens (tertiary/aromatic N) is 2. The lowest BCUT2D eigenvalue weighted by Gasteiger charge is -2.34. The van der Waals surface area contributed by atoms with Crippen LogP contribution in [0.3, 0.4) is 0 Å². The lowest BCUT2D eigenvalue weighted by atomic mass is 9.93. The Labute approximate surface area is 154 Å². The molecule has 1 fully saturated rings. The van der Waals surface area contributed by atoms with Crippen molar-refractivity contribution in [2.24, 2.45) is 0 Å². The standard InChI is InChI=1S/C21H27N3O2/c1-3-19-15(2)12-18(20(25)23-19)21(26)24(17-9-5-4-6-10-17)14-16-8-7-11-22-13-16/h7-8,11-13,17H,3-6,9-10,14H2,1-2H3,(H,23,25). The predicted molar refractivity (Wildman–Crippen MR) is 102 cm³/mol. The molecule has 1 N–H and O–H groups in total. The fraction of sp³-hybridized carbons (Fsp3) is 0.476. The van der Waals surface area contributed by atoms with E-state index in [4.69, 9.17) is 0 Å². The van der Waals surface area contributed by atoms with E-state index in [2.05, 4.69) is 9.97 Å². The quantitative estimate of drug-likeness (QED) is 0.893. The second-order valence-electron chi connectivity index (χ2n) is 7.11. The molecular formula is C21H27N3O2. The van der Waals surface area contributed by atoms with Crippen LogP contribution in [0.1, 0.15) is 66.2 Å². The smallest absolute Gasteiger partial charge is 0.261 e. The number of aromatic amines is 1. The van der Waals surface area contributed by atoms with Gasteiger partial charge in [0.2, 0.25) is 0 Å². The van der Waals surface area contributed by atoms with Crippen LogP contribution in [0, 0.1) is 6.92 Å². The largest absolute Gasteiger partial charge is 0.331 e. The first kappa shape index (κ1) is 18.4. The zero-order chi connectivity index (χ0) is 18.5. The van der Waals surface area contributed by atoms with E-state index in [0.29, 0.717) is 6.54 Å². The number of carbonyl (C=O) groups is 1. The molecule has 138 valence electrons. The van der Waals surface area contributed by atoms with E-state index in [-0.39, 0.29) is 23.1 Å². The van der Waals surface area contributed by atoms with Crippen molar-refractivity contribution in [1.82, 2.24) is 14.9 Å².